The van der Waals surface area contributed by atoms with E-state index in [1.807, 2.05) is 42.5 Å². The summed E-state index contributed by atoms with van der Waals surface area (Å²) in [7, 11) is 0. The van der Waals surface area contributed by atoms with Gasteiger partial charge in [-0.05, 0) is 32.4 Å². The van der Waals surface area contributed by atoms with Crippen LogP contribution in [0.3, 0.4) is 0 Å². The molecular weight excluding hydrogens is 362 g/mol. The lowest BCUT2D eigenvalue weighted by Crippen LogP contribution is -2.05. The lowest BCUT2D eigenvalue weighted by atomic mass is 10.1. The van der Waals surface area contributed by atoms with Crippen LogP contribution in [0.25, 0.3) is 22.6 Å². The molecule has 2 aromatic carbocycles. The van der Waals surface area contributed by atoms with Crippen molar-refractivity contribution in [2.75, 3.05) is 5.32 Å². The Morgan fingerprint density at radius 1 is 1.07 bits per heavy atom. The molecule has 6 nitrogen and oxygen atoms in total. The first kappa shape index (κ1) is 18.8. The molecular formula is C23H23N5O. The maximum Gasteiger partial charge on any atom is 0.166 e. The second kappa shape index (κ2) is 7.83. The third-order valence-electron chi connectivity index (χ3n) is 4.82. The number of anilines is 1. The van der Waals surface area contributed by atoms with Crippen molar-refractivity contribution in [3.8, 4) is 11.4 Å². The van der Waals surface area contributed by atoms with Gasteiger partial charge in [-0.25, -0.2) is 15.0 Å². The molecule has 0 radical (unpaired) electrons. The van der Waals surface area contributed by atoms with E-state index >= 15 is 0 Å². The van der Waals surface area contributed by atoms with Crippen molar-refractivity contribution in [2.24, 2.45) is 0 Å². The van der Waals surface area contributed by atoms with Crippen LogP contribution in [0.5, 0.6) is 0 Å². The number of hydrogen-bond donors (Lipinski definition) is 1. The van der Waals surface area contributed by atoms with Gasteiger partial charge in [0.25, 0.3) is 0 Å². The van der Waals surface area contributed by atoms with Crippen molar-refractivity contribution in [2.45, 2.75) is 33.4 Å². The molecule has 0 fully saturated rings. The fourth-order valence-electron chi connectivity index (χ4n) is 3.39. The maximum atomic E-state index is 11.8. The van der Waals surface area contributed by atoms with Crippen molar-refractivity contribution >= 4 is 22.8 Å². The highest BCUT2D eigenvalue weighted by Gasteiger charge is 2.19. The highest BCUT2D eigenvalue weighted by molar-refractivity contribution is 5.95. The number of ketones is 1. The zero-order valence-electron chi connectivity index (χ0n) is 16.8. The Labute approximate surface area is 169 Å². The fourth-order valence-corrected chi connectivity index (χ4v) is 3.39. The number of benzene rings is 2. The average Bonchev–Trinajstić information content (AvgIpc) is 3.13. The topological polar surface area (TPSA) is 72.7 Å². The minimum absolute atomic E-state index is 0.0315. The molecule has 1 N–H and O–H groups in total. The smallest absolute Gasteiger partial charge is 0.166 e. The summed E-state index contributed by atoms with van der Waals surface area (Å²) in [6, 6.07) is 17.9. The summed E-state index contributed by atoms with van der Waals surface area (Å²) in [4.78, 5) is 25.6. The average molecular weight is 385 g/mol. The molecule has 29 heavy (non-hydrogen) atoms. The van der Waals surface area contributed by atoms with E-state index in [2.05, 4.69) is 45.8 Å². The van der Waals surface area contributed by atoms with E-state index in [-0.39, 0.29) is 11.8 Å². The zero-order valence-corrected chi connectivity index (χ0v) is 16.8. The number of rotatable bonds is 6. The highest BCUT2D eigenvalue weighted by atomic mass is 16.1. The quantitative estimate of drug-likeness (QED) is 0.479. The Morgan fingerprint density at radius 2 is 1.86 bits per heavy atom. The maximum absolute atomic E-state index is 11.8. The van der Waals surface area contributed by atoms with Crippen LogP contribution in [0.4, 0.5) is 5.82 Å². The molecule has 146 valence electrons. The van der Waals surface area contributed by atoms with Crippen molar-refractivity contribution < 1.29 is 4.79 Å². The summed E-state index contributed by atoms with van der Waals surface area (Å²) in [6.07, 6.45) is 1.56. The van der Waals surface area contributed by atoms with Crippen molar-refractivity contribution in [1.29, 1.82) is 0 Å². The number of aromatic nitrogens is 4. The SMILES string of the molecule is CC(=O)c1cccc(-c2nc3c(NCc4ccccc4)ncnc3n2C(C)C)c1. The van der Waals surface area contributed by atoms with Crippen LogP contribution in [-0.2, 0) is 6.54 Å². The lowest BCUT2D eigenvalue weighted by Gasteiger charge is -2.13. The third-order valence-corrected chi connectivity index (χ3v) is 4.82. The number of fused-ring (bicyclic) bond motifs is 1. The Kier molecular flexibility index (Phi) is 5.08. The monoisotopic (exact) mass is 385 g/mol. The van der Waals surface area contributed by atoms with Crippen LogP contribution in [0, 0.1) is 0 Å². The largest absolute Gasteiger partial charge is 0.364 e. The molecule has 0 bridgehead atoms. The summed E-state index contributed by atoms with van der Waals surface area (Å²) in [6.45, 7) is 6.41. The molecule has 6 heteroatoms. The normalized spacial score (nSPS) is 11.2. The molecule has 0 unspecified atom stereocenters. The van der Waals surface area contributed by atoms with E-state index in [1.54, 1.807) is 13.3 Å². The Bertz CT molecular complexity index is 1160. The minimum Gasteiger partial charge on any atom is -0.364 e. The van der Waals surface area contributed by atoms with Crippen molar-refractivity contribution in [3.05, 3.63) is 72.1 Å². The van der Waals surface area contributed by atoms with E-state index in [1.165, 1.54) is 0 Å². The summed E-state index contributed by atoms with van der Waals surface area (Å²) in [5.74, 6) is 1.51. The van der Waals surface area contributed by atoms with Gasteiger partial charge in [-0.2, -0.15) is 0 Å². The molecule has 0 saturated heterocycles. The lowest BCUT2D eigenvalue weighted by molar-refractivity contribution is 0.101. The van der Waals surface area contributed by atoms with Crippen LogP contribution in [-0.4, -0.2) is 25.3 Å². The second-order valence-electron chi connectivity index (χ2n) is 7.27. The van der Waals surface area contributed by atoms with Gasteiger partial charge in [0.05, 0.1) is 0 Å². The number of hydrogen-bond acceptors (Lipinski definition) is 5. The van der Waals surface area contributed by atoms with Crippen molar-refractivity contribution in [1.82, 2.24) is 19.5 Å². The predicted octanol–water partition coefficient (Wildman–Crippen LogP) is 4.89. The summed E-state index contributed by atoms with van der Waals surface area (Å²) >= 11 is 0. The summed E-state index contributed by atoms with van der Waals surface area (Å²) in [5.41, 5.74) is 4.21. The first-order valence-electron chi connectivity index (χ1n) is 9.66. The van der Waals surface area contributed by atoms with Gasteiger partial charge in [0.1, 0.15) is 12.2 Å². The van der Waals surface area contributed by atoms with Gasteiger partial charge in [0.15, 0.2) is 22.8 Å². The first-order valence-corrected chi connectivity index (χ1v) is 9.66. The number of nitrogens with zero attached hydrogens (tertiary/aromatic N) is 4. The summed E-state index contributed by atoms with van der Waals surface area (Å²) < 4.78 is 2.09. The molecule has 2 aromatic heterocycles. The van der Waals surface area contributed by atoms with Gasteiger partial charge >= 0.3 is 0 Å². The van der Waals surface area contributed by atoms with Gasteiger partial charge in [-0.1, -0.05) is 48.5 Å². The van der Waals surface area contributed by atoms with E-state index in [9.17, 15) is 4.79 Å². The van der Waals surface area contributed by atoms with E-state index < -0.39 is 0 Å². The molecule has 0 saturated carbocycles. The Morgan fingerprint density at radius 3 is 2.59 bits per heavy atom. The van der Waals surface area contributed by atoms with Crippen LogP contribution >= 0.6 is 0 Å². The van der Waals surface area contributed by atoms with Crippen LogP contribution in [0.1, 0.15) is 42.7 Å². The van der Waals surface area contributed by atoms with E-state index in [0.29, 0.717) is 17.9 Å². The molecule has 0 amide bonds. The standard InChI is InChI=1S/C23H23N5O/c1-15(2)28-22(19-11-7-10-18(12-19)16(3)29)27-20-21(25-14-26-23(20)28)24-13-17-8-5-4-6-9-17/h4-12,14-15H,13H2,1-3H3,(H,24,25,26). The number of carbonyl (C=O) groups is 1. The molecule has 0 atom stereocenters. The molecule has 4 rings (SSSR count). The molecule has 0 aliphatic heterocycles. The Hall–Kier alpha value is -3.54. The third kappa shape index (κ3) is 3.74. The summed E-state index contributed by atoms with van der Waals surface area (Å²) in [5, 5.41) is 3.38. The predicted molar refractivity (Wildman–Crippen MR) is 115 cm³/mol. The first-order chi connectivity index (χ1) is 14.0. The van der Waals surface area contributed by atoms with Gasteiger partial charge < -0.3 is 9.88 Å². The number of imidazole rings is 1. The highest BCUT2D eigenvalue weighted by Crippen LogP contribution is 2.30. The number of nitrogens with one attached hydrogen (secondary N) is 1. The second-order valence-corrected chi connectivity index (χ2v) is 7.27. The number of Topliss-reactive ketones (excluding diaryl/α,β-unsaturated/α-hetero) is 1. The van der Waals surface area contributed by atoms with Gasteiger partial charge in [0.2, 0.25) is 0 Å². The van der Waals surface area contributed by atoms with Gasteiger partial charge in [0, 0.05) is 23.7 Å². The molecule has 0 spiro atoms. The minimum atomic E-state index is 0.0315. The van der Waals surface area contributed by atoms with Crippen LogP contribution < -0.4 is 5.32 Å². The fraction of sp³-hybridized carbons (Fsp3) is 0.217. The van der Waals surface area contributed by atoms with E-state index in [0.717, 1.165) is 28.1 Å². The van der Waals surface area contributed by atoms with Gasteiger partial charge in [-0.3, -0.25) is 4.79 Å². The van der Waals surface area contributed by atoms with Crippen LogP contribution in [0.15, 0.2) is 60.9 Å². The zero-order chi connectivity index (χ0) is 20.4. The Balaban J connectivity index is 1.80. The molecule has 0 aliphatic carbocycles. The molecule has 0 aliphatic rings. The van der Waals surface area contributed by atoms with Crippen molar-refractivity contribution in [3.63, 3.8) is 0 Å². The molecule has 2 heterocycles. The molecule has 4 aromatic rings. The van der Waals surface area contributed by atoms with E-state index in [4.69, 9.17) is 4.98 Å². The number of carbonyl (C=O) groups excluding carboxylic acids is 1. The van der Waals surface area contributed by atoms with Gasteiger partial charge in [-0.15, -0.1) is 0 Å². The van der Waals surface area contributed by atoms with Crippen LogP contribution in [0.2, 0.25) is 0 Å².